The maximum atomic E-state index is 5.96. The van der Waals surface area contributed by atoms with E-state index in [-0.39, 0.29) is 0 Å². The van der Waals surface area contributed by atoms with E-state index in [4.69, 9.17) is 18.4 Å². The molecule has 0 bridgehead atoms. The molecule has 2 aromatic heterocycles. The quantitative estimate of drug-likeness (QED) is 0.416. The lowest BCUT2D eigenvalue weighted by atomic mass is 10.1. The Balaban J connectivity index is 1.51. The molecular formula is C23H24N4O4. The summed E-state index contributed by atoms with van der Waals surface area (Å²) in [5, 5.41) is 12.6. The van der Waals surface area contributed by atoms with E-state index in [1.54, 1.807) is 14.2 Å². The van der Waals surface area contributed by atoms with E-state index in [0.717, 1.165) is 22.6 Å². The monoisotopic (exact) mass is 420 g/mol. The van der Waals surface area contributed by atoms with Crippen molar-refractivity contribution in [1.82, 2.24) is 20.3 Å². The van der Waals surface area contributed by atoms with Gasteiger partial charge in [0, 0.05) is 23.7 Å². The molecule has 0 N–H and O–H groups in total. The van der Waals surface area contributed by atoms with Gasteiger partial charge in [0.15, 0.2) is 0 Å². The number of hydrogen-bond donors (Lipinski definition) is 0. The molecule has 4 rings (SSSR count). The van der Waals surface area contributed by atoms with Crippen LogP contribution in [0.15, 0.2) is 57.5 Å². The van der Waals surface area contributed by atoms with Gasteiger partial charge < -0.3 is 18.4 Å². The maximum absolute atomic E-state index is 5.96. The lowest BCUT2D eigenvalue weighted by Crippen LogP contribution is -2.18. The Bertz CT molecular complexity index is 1150. The third-order valence-electron chi connectivity index (χ3n) is 4.93. The van der Waals surface area contributed by atoms with Gasteiger partial charge in [0.2, 0.25) is 5.89 Å². The van der Waals surface area contributed by atoms with Crippen LogP contribution in [0.4, 0.5) is 0 Å². The molecule has 0 radical (unpaired) electrons. The third kappa shape index (κ3) is 4.44. The Morgan fingerprint density at radius 3 is 2.52 bits per heavy atom. The van der Waals surface area contributed by atoms with Gasteiger partial charge in [0.1, 0.15) is 28.5 Å². The molecule has 8 heteroatoms. The zero-order valence-corrected chi connectivity index (χ0v) is 18.0. The van der Waals surface area contributed by atoms with Crippen molar-refractivity contribution < 1.29 is 18.4 Å². The minimum atomic E-state index is 0.392. The smallest absolute Gasteiger partial charge is 0.253 e. The van der Waals surface area contributed by atoms with E-state index < -0.39 is 0 Å². The van der Waals surface area contributed by atoms with Gasteiger partial charge in [-0.15, -0.1) is 10.2 Å². The van der Waals surface area contributed by atoms with Gasteiger partial charge in [0.05, 0.1) is 20.8 Å². The molecule has 0 aliphatic rings. The standard InChI is InChI=1S/C23H24N4O4/c1-15-21(22(26-31-15)16-8-6-5-7-9-16)23-25-24-20(30-23)14-27(2)13-17-10-11-18(28-3)12-19(17)29-4/h5-12H,13-14H2,1-4H3. The molecule has 2 heterocycles. The summed E-state index contributed by atoms with van der Waals surface area (Å²) in [6.45, 7) is 2.96. The number of aromatic nitrogens is 3. The van der Waals surface area contributed by atoms with Crippen molar-refractivity contribution in [2.75, 3.05) is 21.3 Å². The van der Waals surface area contributed by atoms with Crippen molar-refractivity contribution >= 4 is 0 Å². The van der Waals surface area contributed by atoms with Gasteiger partial charge in [-0.25, -0.2) is 0 Å². The fourth-order valence-corrected chi connectivity index (χ4v) is 3.40. The van der Waals surface area contributed by atoms with Gasteiger partial charge in [-0.3, -0.25) is 4.90 Å². The molecule has 8 nitrogen and oxygen atoms in total. The minimum Gasteiger partial charge on any atom is -0.497 e. The predicted molar refractivity (Wildman–Crippen MR) is 115 cm³/mol. The van der Waals surface area contributed by atoms with Crippen LogP contribution >= 0.6 is 0 Å². The normalized spacial score (nSPS) is 11.1. The topological polar surface area (TPSA) is 86.7 Å². The SMILES string of the molecule is COc1ccc(CN(C)Cc2nnc(-c3c(-c4ccccc4)noc3C)o2)c(OC)c1. The second-order valence-corrected chi connectivity index (χ2v) is 7.18. The largest absolute Gasteiger partial charge is 0.497 e. The molecule has 0 atom stereocenters. The minimum absolute atomic E-state index is 0.392. The van der Waals surface area contributed by atoms with Crippen molar-refractivity contribution in [3.05, 3.63) is 65.7 Å². The number of methoxy groups -OCH3 is 2. The van der Waals surface area contributed by atoms with Crippen LogP contribution in [0.25, 0.3) is 22.7 Å². The number of aryl methyl sites for hydroxylation is 1. The average Bonchev–Trinajstić information content (AvgIpc) is 3.40. The van der Waals surface area contributed by atoms with E-state index >= 15 is 0 Å². The molecule has 0 spiro atoms. The molecule has 160 valence electrons. The first kappa shape index (κ1) is 20.6. The summed E-state index contributed by atoms with van der Waals surface area (Å²) in [5.41, 5.74) is 3.36. The fourth-order valence-electron chi connectivity index (χ4n) is 3.40. The summed E-state index contributed by atoms with van der Waals surface area (Å²) >= 11 is 0. The zero-order chi connectivity index (χ0) is 21.8. The Kier molecular flexibility index (Phi) is 5.99. The first-order valence-corrected chi connectivity index (χ1v) is 9.83. The lowest BCUT2D eigenvalue weighted by molar-refractivity contribution is 0.277. The van der Waals surface area contributed by atoms with Crippen LogP contribution in [0.5, 0.6) is 11.5 Å². The van der Waals surface area contributed by atoms with E-state index in [2.05, 4.69) is 20.3 Å². The second kappa shape index (κ2) is 9.01. The molecule has 4 aromatic rings. The molecular weight excluding hydrogens is 396 g/mol. The van der Waals surface area contributed by atoms with Crippen LogP contribution in [0.3, 0.4) is 0 Å². The Labute approximate surface area is 180 Å². The van der Waals surface area contributed by atoms with Gasteiger partial charge in [0.25, 0.3) is 5.89 Å². The summed E-state index contributed by atoms with van der Waals surface area (Å²) in [5.74, 6) is 3.05. The summed E-state index contributed by atoms with van der Waals surface area (Å²) < 4.78 is 22.1. The number of rotatable bonds is 8. The fraction of sp³-hybridized carbons (Fsp3) is 0.261. The Morgan fingerprint density at radius 2 is 1.77 bits per heavy atom. The Hall–Kier alpha value is -3.65. The van der Waals surface area contributed by atoms with Gasteiger partial charge in [-0.1, -0.05) is 41.6 Å². The van der Waals surface area contributed by atoms with Crippen LogP contribution in [0.1, 0.15) is 17.2 Å². The highest BCUT2D eigenvalue weighted by molar-refractivity contribution is 5.77. The second-order valence-electron chi connectivity index (χ2n) is 7.18. The molecule has 31 heavy (non-hydrogen) atoms. The molecule has 0 saturated heterocycles. The van der Waals surface area contributed by atoms with E-state index in [0.29, 0.717) is 41.9 Å². The Morgan fingerprint density at radius 1 is 0.968 bits per heavy atom. The number of hydrogen-bond acceptors (Lipinski definition) is 8. The maximum Gasteiger partial charge on any atom is 0.253 e. The summed E-state index contributed by atoms with van der Waals surface area (Å²) in [6, 6.07) is 15.6. The molecule has 0 aliphatic heterocycles. The van der Waals surface area contributed by atoms with Crippen LogP contribution in [0, 0.1) is 6.92 Å². The van der Waals surface area contributed by atoms with Gasteiger partial charge in [-0.05, 0) is 20.0 Å². The van der Waals surface area contributed by atoms with Crippen LogP contribution in [-0.4, -0.2) is 41.5 Å². The molecule has 0 aliphatic carbocycles. The van der Waals surface area contributed by atoms with E-state index in [9.17, 15) is 0 Å². The molecule has 0 amide bonds. The van der Waals surface area contributed by atoms with Crippen LogP contribution < -0.4 is 9.47 Å². The average molecular weight is 420 g/mol. The van der Waals surface area contributed by atoms with E-state index in [1.807, 2.05) is 62.5 Å². The van der Waals surface area contributed by atoms with Crippen molar-refractivity contribution in [2.24, 2.45) is 0 Å². The number of ether oxygens (including phenoxy) is 2. The van der Waals surface area contributed by atoms with Crippen molar-refractivity contribution in [3.63, 3.8) is 0 Å². The molecule has 2 aromatic carbocycles. The first-order chi connectivity index (χ1) is 15.1. The summed E-state index contributed by atoms with van der Waals surface area (Å²) in [4.78, 5) is 2.07. The summed E-state index contributed by atoms with van der Waals surface area (Å²) in [6.07, 6.45) is 0. The highest BCUT2D eigenvalue weighted by Gasteiger charge is 2.22. The van der Waals surface area contributed by atoms with E-state index in [1.165, 1.54) is 0 Å². The molecule has 0 saturated carbocycles. The van der Waals surface area contributed by atoms with Crippen LogP contribution in [-0.2, 0) is 13.1 Å². The van der Waals surface area contributed by atoms with Crippen molar-refractivity contribution in [3.8, 4) is 34.2 Å². The van der Waals surface area contributed by atoms with Crippen LogP contribution in [0.2, 0.25) is 0 Å². The highest BCUT2D eigenvalue weighted by atomic mass is 16.5. The van der Waals surface area contributed by atoms with Crippen molar-refractivity contribution in [1.29, 1.82) is 0 Å². The molecule has 0 fully saturated rings. The molecule has 0 unspecified atom stereocenters. The highest BCUT2D eigenvalue weighted by Crippen LogP contribution is 2.33. The lowest BCUT2D eigenvalue weighted by Gasteiger charge is -2.17. The van der Waals surface area contributed by atoms with Crippen molar-refractivity contribution in [2.45, 2.75) is 20.0 Å². The predicted octanol–water partition coefficient (Wildman–Crippen LogP) is 4.35. The number of benzene rings is 2. The third-order valence-corrected chi connectivity index (χ3v) is 4.93. The van der Waals surface area contributed by atoms with Gasteiger partial charge in [-0.2, -0.15) is 0 Å². The summed E-state index contributed by atoms with van der Waals surface area (Å²) in [7, 11) is 5.26. The number of nitrogens with zero attached hydrogens (tertiary/aromatic N) is 4. The first-order valence-electron chi connectivity index (χ1n) is 9.83. The zero-order valence-electron chi connectivity index (χ0n) is 18.0. The van der Waals surface area contributed by atoms with Gasteiger partial charge >= 0.3 is 0 Å².